The van der Waals surface area contributed by atoms with Crippen molar-refractivity contribution in [1.82, 2.24) is 9.80 Å². The fourth-order valence-corrected chi connectivity index (χ4v) is 4.89. The average molecular weight is 495 g/mol. The molecule has 2 heterocycles. The predicted molar refractivity (Wildman–Crippen MR) is 134 cm³/mol. The summed E-state index contributed by atoms with van der Waals surface area (Å²) in [5, 5.41) is 0. The van der Waals surface area contributed by atoms with Crippen LogP contribution in [-0.2, 0) is 9.47 Å². The molecule has 8 heteroatoms. The Hall–Kier alpha value is -2.78. The molecule has 0 N–H and O–H groups in total. The summed E-state index contributed by atoms with van der Waals surface area (Å²) in [5.74, 6) is 0.913. The van der Waals surface area contributed by atoms with E-state index in [1.807, 2.05) is 0 Å². The van der Waals surface area contributed by atoms with Gasteiger partial charge in [0.1, 0.15) is 11.5 Å². The van der Waals surface area contributed by atoms with Crippen molar-refractivity contribution < 1.29 is 28.5 Å². The molecule has 36 heavy (non-hydrogen) atoms. The molecule has 5 rings (SSSR count). The van der Waals surface area contributed by atoms with Gasteiger partial charge in [0.05, 0.1) is 39.6 Å². The molecule has 2 aromatic carbocycles. The number of fused-ring (bicyclic) bond motifs is 2. The van der Waals surface area contributed by atoms with Crippen LogP contribution in [0.3, 0.4) is 0 Å². The number of benzene rings is 2. The predicted octanol–water partition coefficient (Wildman–Crippen LogP) is 2.66. The number of carbonyl (C=O) groups excluding carboxylic acids is 2. The summed E-state index contributed by atoms with van der Waals surface area (Å²) in [4.78, 5) is 31.1. The van der Waals surface area contributed by atoms with Gasteiger partial charge in [-0.2, -0.15) is 0 Å². The van der Waals surface area contributed by atoms with Gasteiger partial charge in [-0.15, -0.1) is 0 Å². The molecule has 0 unspecified atom stereocenters. The maximum absolute atomic E-state index is 13.2. The van der Waals surface area contributed by atoms with Gasteiger partial charge in [0.2, 0.25) is 0 Å². The summed E-state index contributed by atoms with van der Waals surface area (Å²) in [6.07, 6.45) is 1.78. The third-order valence-corrected chi connectivity index (χ3v) is 6.94. The minimum atomic E-state index is -0.155. The molecule has 2 fully saturated rings. The van der Waals surface area contributed by atoms with Crippen molar-refractivity contribution in [3.63, 3.8) is 0 Å². The first-order chi connectivity index (χ1) is 17.7. The highest BCUT2D eigenvalue weighted by atomic mass is 16.5. The van der Waals surface area contributed by atoms with Crippen molar-refractivity contribution >= 4 is 11.6 Å². The number of hydrogen-bond acceptors (Lipinski definition) is 8. The van der Waals surface area contributed by atoms with Gasteiger partial charge in [0.25, 0.3) is 0 Å². The molecular formula is C28H34N2O6. The standard InChI is InChI=1S/C28H34N2O6/c31-27-24-6-4-22(36-14-2-8-30-11-17-34-18-12-30)20-26(24)28(32)23-5-3-21(19-25(23)27)35-13-1-7-29-9-15-33-16-10-29/h3-6,19-20H,1-2,7-18H2. The van der Waals surface area contributed by atoms with Gasteiger partial charge in [-0.05, 0) is 49.2 Å². The molecule has 0 aromatic heterocycles. The van der Waals surface area contributed by atoms with Crippen molar-refractivity contribution in [2.75, 3.05) is 78.9 Å². The fraction of sp³-hybridized carbons (Fsp3) is 0.500. The Morgan fingerprint density at radius 3 is 1.44 bits per heavy atom. The highest BCUT2D eigenvalue weighted by Gasteiger charge is 2.30. The van der Waals surface area contributed by atoms with Crippen LogP contribution >= 0.6 is 0 Å². The molecule has 0 amide bonds. The Balaban J connectivity index is 1.16. The van der Waals surface area contributed by atoms with Crippen molar-refractivity contribution in [3.8, 4) is 11.5 Å². The summed E-state index contributed by atoms with van der Waals surface area (Å²) >= 11 is 0. The number of ketones is 2. The Labute approximate surface area is 212 Å². The second kappa shape index (κ2) is 12.0. The topological polar surface area (TPSA) is 77.5 Å². The summed E-state index contributed by atoms with van der Waals surface area (Å²) < 4.78 is 22.6. The normalized spacial score (nSPS) is 18.6. The lowest BCUT2D eigenvalue weighted by Gasteiger charge is -2.26. The van der Waals surface area contributed by atoms with Crippen molar-refractivity contribution in [2.45, 2.75) is 12.8 Å². The lowest BCUT2D eigenvalue weighted by atomic mass is 9.84. The van der Waals surface area contributed by atoms with Gasteiger partial charge in [0.15, 0.2) is 11.6 Å². The van der Waals surface area contributed by atoms with E-state index in [9.17, 15) is 9.59 Å². The number of ether oxygens (including phenoxy) is 4. The number of rotatable bonds is 10. The van der Waals surface area contributed by atoms with Gasteiger partial charge < -0.3 is 18.9 Å². The van der Waals surface area contributed by atoms with E-state index in [1.165, 1.54) is 0 Å². The zero-order valence-electron chi connectivity index (χ0n) is 20.7. The van der Waals surface area contributed by atoms with E-state index in [0.29, 0.717) is 47.0 Å². The zero-order chi connectivity index (χ0) is 24.7. The molecule has 0 bridgehead atoms. The zero-order valence-corrected chi connectivity index (χ0v) is 20.7. The Morgan fingerprint density at radius 2 is 1.03 bits per heavy atom. The van der Waals surface area contributed by atoms with Gasteiger partial charge in [0, 0.05) is 61.5 Å². The van der Waals surface area contributed by atoms with E-state index in [1.54, 1.807) is 36.4 Å². The van der Waals surface area contributed by atoms with Crippen LogP contribution in [-0.4, -0.2) is 100 Å². The van der Waals surface area contributed by atoms with E-state index in [-0.39, 0.29) is 11.6 Å². The van der Waals surface area contributed by atoms with Crippen LogP contribution in [0.1, 0.15) is 44.7 Å². The average Bonchev–Trinajstić information content (AvgIpc) is 2.93. The van der Waals surface area contributed by atoms with E-state index in [4.69, 9.17) is 18.9 Å². The third kappa shape index (κ3) is 5.95. The molecule has 1 aliphatic carbocycles. The molecule has 192 valence electrons. The molecule has 2 saturated heterocycles. The monoisotopic (exact) mass is 494 g/mol. The molecule has 0 saturated carbocycles. The van der Waals surface area contributed by atoms with Gasteiger partial charge >= 0.3 is 0 Å². The quantitative estimate of drug-likeness (QED) is 0.398. The third-order valence-electron chi connectivity index (χ3n) is 6.94. The SMILES string of the molecule is O=C1c2ccc(OCCCN3CCOCC3)cc2C(=O)c2ccc(OCCCN3CCOCC3)cc21. The Bertz CT molecular complexity index is 990. The molecule has 8 nitrogen and oxygen atoms in total. The second-order valence-electron chi connectivity index (χ2n) is 9.39. The Kier molecular flexibility index (Phi) is 8.28. The minimum Gasteiger partial charge on any atom is -0.494 e. The largest absolute Gasteiger partial charge is 0.494 e. The van der Waals surface area contributed by atoms with Crippen LogP contribution in [0.4, 0.5) is 0 Å². The number of hydrogen-bond donors (Lipinski definition) is 0. The second-order valence-corrected chi connectivity index (χ2v) is 9.39. The van der Waals surface area contributed by atoms with Crippen LogP contribution in [0.5, 0.6) is 11.5 Å². The first-order valence-electron chi connectivity index (χ1n) is 12.9. The van der Waals surface area contributed by atoms with Crippen LogP contribution in [0.2, 0.25) is 0 Å². The fourth-order valence-electron chi connectivity index (χ4n) is 4.89. The lowest BCUT2D eigenvalue weighted by molar-refractivity contribution is 0.0357. The van der Waals surface area contributed by atoms with Crippen LogP contribution in [0, 0.1) is 0 Å². The molecule has 0 spiro atoms. The van der Waals surface area contributed by atoms with Gasteiger partial charge in [-0.1, -0.05) is 0 Å². The van der Waals surface area contributed by atoms with Crippen molar-refractivity contribution in [3.05, 3.63) is 58.7 Å². The molecule has 0 radical (unpaired) electrons. The first kappa shape index (κ1) is 24.9. The highest BCUT2D eigenvalue weighted by Crippen LogP contribution is 2.32. The first-order valence-corrected chi connectivity index (χ1v) is 12.9. The molecular weight excluding hydrogens is 460 g/mol. The Morgan fingerprint density at radius 1 is 0.611 bits per heavy atom. The van der Waals surface area contributed by atoms with E-state index >= 15 is 0 Å². The van der Waals surface area contributed by atoms with Crippen LogP contribution in [0.15, 0.2) is 36.4 Å². The summed E-state index contributed by atoms with van der Waals surface area (Å²) in [6.45, 7) is 9.98. The number of carbonyl (C=O) groups is 2. The smallest absolute Gasteiger partial charge is 0.194 e. The molecule has 3 aliphatic rings. The number of morpholine rings is 2. The molecule has 2 aliphatic heterocycles. The van der Waals surface area contributed by atoms with Crippen LogP contribution in [0.25, 0.3) is 0 Å². The maximum atomic E-state index is 13.2. The van der Waals surface area contributed by atoms with E-state index < -0.39 is 0 Å². The summed E-state index contributed by atoms with van der Waals surface area (Å²) in [6, 6.07) is 10.3. The summed E-state index contributed by atoms with van der Waals surface area (Å²) in [7, 11) is 0. The molecule has 2 aromatic rings. The molecule has 0 atom stereocenters. The minimum absolute atomic E-state index is 0.155. The van der Waals surface area contributed by atoms with Crippen molar-refractivity contribution in [2.24, 2.45) is 0 Å². The maximum Gasteiger partial charge on any atom is 0.194 e. The summed E-state index contributed by atoms with van der Waals surface area (Å²) in [5.41, 5.74) is 1.63. The highest BCUT2D eigenvalue weighted by molar-refractivity contribution is 6.28. The van der Waals surface area contributed by atoms with Gasteiger partial charge in [-0.3, -0.25) is 19.4 Å². The van der Waals surface area contributed by atoms with E-state index in [0.717, 1.165) is 78.5 Å². The van der Waals surface area contributed by atoms with E-state index in [2.05, 4.69) is 9.80 Å². The lowest BCUT2D eigenvalue weighted by Crippen LogP contribution is -2.37. The van der Waals surface area contributed by atoms with Gasteiger partial charge in [-0.25, -0.2) is 0 Å². The van der Waals surface area contributed by atoms with Crippen LogP contribution < -0.4 is 9.47 Å². The number of nitrogens with zero attached hydrogens (tertiary/aromatic N) is 2. The van der Waals surface area contributed by atoms with Crippen molar-refractivity contribution in [1.29, 1.82) is 0 Å².